The fourth-order valence-electron chi connectivity index (χ4n) is 5.76. The van der Waals surface area contributed by atoms with Crippen molar-refractivity contribution < 1.29 is 0 Å². The zero-order valence-corrected chi connectivity index (χ0v) is 22.0. The molecule has 0 spiro atoms. The average Bonchev–Trinajstić information content (AvgIpc) is 3.36. The van der Waals surface area contributed by atoms with Gasteiger partial charge in [0.25, 0.3) is 5.56 Å². The highest BCUT2D eigenvalue weighted by Crippen LogP contribution is 2.28. The normalized spacial score (nSPS) is 21.5. The Morgan fingerprint density at radius 1 is 1.05 bits per heavy atom. The molecule has 1 N–H and O–H groups in total. The number of piperidine rings is 1. The van der Waals surface area contributed by atoms with Gasteiger partial charge in [0, 0.05) is 61.9 Å². The van der Waals surface area contributed by atoms with Crippen LogP contribution in [0.3, 0.4) is 0 Å². The third-order valence-corrected chi connectivity index (χ3v) is 8.38. The minimum atomic E-state index is -0.284. The first-order valence-corrected chi connectivity index (χ1v) is 13.9. The first kappa shape index (κ1) is 24.2. The molecule has 1 aliphatic carbocycles. The standard InChI is InChI=1S/C28H38N8O/c1-20-16-34(17-20)26-11-23(14-29-15-26)27-19-36(32-31-27)21(2)35-10-8-25(12-28(35)37)33-9-4-7-24(18-33)30-13-22-5-3-6-22/h8,10-12,14-15,19-22,24,30H,3-7,9,13,16-18H2,1-2H3/t21?,24-/m1/s1. The van der Waals surface area contributed by atoms with Gasteiger partial charge in [-0.25, -0.2) is 4.68 Å². The second-order valence-corrected chi connectivity index (χ2v) is 11.3. The number of pyridine rings is 2. The Morgan fingerprint density at radius 3 is 2.68 bits per heavy atom. The number of nitrogens with one attached hydrogen (secondary N) is 1. The maximum absolute atomic E-state index is 13.1. The highest BCUT2D eigenvalue weighted by molar-refractivity contribution is 5.63. The first-order chi connectivity index (χ1) is 18.0. The summed E-state index contributed by atoms with van der Waals surface area (Å²) in [5.41, 5.74) is 3.79. The van der Waals surface area contributed by atoms with E-state index in [1.54, 1.807) is 15.3 Å². The minimum Gasteiger partial charge on any atom is -0.370 e. The van der Waals surface area contributed by atoms with Crippen LogP contribution in [0.1, 0.15) is 52.1 Å². The van der Waals surface area contributed by atoms with Crippen molar-refractivity contribution in [2.45, 2.75) is 58.2 Å². The summed E-state index contributed by atoms with van der Waals surface area (Å²) in [5, 5.41) is 12.5. The van der Waals surface area contributed by atoms with Crippen molar-refractivity contribution in [3.05, 3.63) is 53.3 Å². The minimum absolute atomic E-state index is 0.0258. The van der Waals surface area contributed by atoms with Gasteiger partial charge in [-0.2, -0.15) is 0 Å². The van der Waals surface area contributed by atoms with Crippen molar-refractivity contribution in [3.63, 3.8) is 0 Å². The lowest BCUT2D eigenvalue weighted by Gasteiger charge is -2.39. The van der Waals surface area contributed by atoms with Crippen LogP contribution in [-0.4, -0.2) is 63.3 Å². The van der Waals surface area contributed by atoms with Gasteiger partial charge in [-0.15, -0.1) is 5.10 Å². The Kier molecular flexibility index (Phi) is 6.71. The van der Waals surface area contributed by atoms with Crippen molar-refractivity contribution in [1.29, 1.82) is 0 Å². The van der Waals surface area contributed by atoms with Crippen LogP contribution in [0.25, 0.3) is 11.3 Å². The number of hydrogen-bond donors (Lipinski definition) is 1. The van der Waals surface area contributed by atoms with Gasteiger partial charge in [-0.1, -0.05) is 18.6 Å². The Balaban J connectivity index is 1.13. The monoisotopic (exact) mass is 502 g/mol. The van der Waals surface area contributed by atoms with E-state index in [0.29, 0.717) is 6.04 Å². The van der Waals surface area contributed by atoms with Gasteiger partial charge in [0.1, 0.15) is 11.9 Å². The summed E-state index contributed by atoms with van der Waals surface area (Å²) >= 11 is 0. The molecule has 3 fully saturated rings. The number of nitrogens with zero attached hydrogens (tertiary/aromatic N) is 7. The molecule has 9 heteroatoms. The first-order valence-electron chi connectivity index (χ1n) is 13.9. The Morgan fingerprint density at radius 2 is 1.92 bits per heavy atom. The lowest BCUT2D eigenvalue weighted by Crippen LogP contribution is -2.47. The maximum Gasteiger partial charge on any atom is 0.254 e. The Bertz CT molecular complexity index is 1270. The SMILES string of the molecule is CC1CN(c2cncc(-c3cn(C(C)n4ccc(N5CCC[C@@H](NCC6CCC6)C5)cc4=O)nn3)c2)C1. The molecule has 3 aromatic rings. The summed E-state index contributed by atoms with van der Waals surface area (Å²) in [5.74, 6) is 1.59. The van der Waals surface area contributed by atoms with Gasteiger partial charge in [-0.05, 0) is 63.1 Å². The fourth-order valence-corrected chi connectivity index (χ4v) is 5.76. The van der Waals surface area contributed by atoms with E-state index in [-0.39, 0.29) is 11.7 Å². The lowest BCUT2D eigenvalue weighted by molar-refractivity contribution is 0.280. The molecular weight excluding hydrogens is 464 g/mol. The van der Waals surface area contributed by atoms with Crippen LogP contribution >= 0.6 is 0 Å². The predicted molar refractivity (Wildman–Crippen MR) is 146 cm³/mol. The molecule has 0 bridgehead atoms. The molecule has 3 aliphatic rings. The van der Waals surface area contributed by atoms with Crippen molar-refractivity contribution in [2.24, 2.45) is 11.8 Å². The fraction of sp³-hybridized carbons (Fsp3) is 0.571. The molecule has 37 heavy (non-hydrogen) atoms. The highest BCUT2D eigenvalue weighted by atomic mass is 16.1. The molecule has 2 aliphatic heterocycles. The molecule has 5 heterocycles. The number of hydrogen-bond acceptors (Lipinski definition) is 7. The topological polar surface area (TPSA) is 84.1 Å². The Hall–Kier alpha value is -3.20. The van der Waals surface area contributed by atoms with E-state index in [1.165, 1.54) is 25.7 Å². The summed E-state index contributed by atoms with van der Waals surface area (Å²) in [4.78, 5) is 22.2. The van der Waals surface area contributed by atoms with Gasteiger partial charge in [-0.3, -0.25) is 14.3 Å². The van der Waals surface area contributed by atoms with Crippen LogP contribution < -0.4 is 20.7 Å². The van der Waals surface area contributed by atoms with E-state index in [2.05, 4.69) is 49.5 Å². The molecule has 0 aromatic carbocycles. The quantitative estimate of drug-likeness (QED) is 0.506. The zero-order valence-electron chi connectivity index (χ0n) is 22.0. The third kappa shape index (κ3) is 5.14. The van der Waals surface area contributed by atoms with Crippen LogP contribution in [0.5, 0.6) is 0 Å². The molecule has 9 nitrogen and oxygen atoms in total. The van der Waals surface area contributed by atoms with Crippen LogP contribution in [0.4, 0.5) is 11.4 Å². The Labute approximate surface area is 218 Å². The van der Waals surface area contributed by atoms with Gasteiger partial charge in [0.15, 0.2) is 0 Å². The molecule has 3 aromatic heterocycles. The van der Waals surface area contributed by atoms with Crippen molar-refractivity contribution >= 4 is 11.4 Å². The van der Waals surface area contributed by atoms with E-state index >= 15 is 0 Å². The summed E-state index contributed by atoms with van der Waals surface area (Å²) in [6.45, 7) is 9.43. The smallest absolute Gasteiger partial charge is 0.254 e. The zero-order chi connectivity index (χ0) is 25.4. The second-order valence-electron chi connectivity index (χ2n) is 11.3. The van der Waals surface area contributed by atoms with Crippen molar-refractivity contribution in [2.75, 3.05) is 42.5 Å². The van der Waals surface area contributed by atoms with Crippen molar-refractivity contribution in [3.8, 4) is 11.3 Å². The highest BCUT2D eigenvalue weighted by Gasteiger charge is 2.25. The van der Waals surface area contributed by atoms with E-state index in [9.17, 15) is 4.79 Å². The number of rotatable bonds is 8. The summed E-state index contributed by atoms with van der Waals surface area (Å²) in [6, 6.07) is 6.45. The van der Waals surface area contributed by atoms with Gasteiger partial charge in [0.05, 0.1) is 18.1 Å². The molecule has 0 amide bonds. The van der Waals surface area contributed by atoms with Crippen LogP contribution in [0.2, 0.25) is 0 Å². The van der Waals surface area contributed by atoms with Crippen LogP contribution in [-0.2, 0) is 0 Å². The van der Waals surface area contributed by atoms with E-state index in [1.807, 2.05) is 31.7 Å². The number of anilines is 2. The molecule has 2 atom stereocenters. The van der Waals surface area contributed by atoms with E-state index in [0.717, 1.165) is 73.6 Å². The van der Waals surface area contributed by atoms with Crippen molar-refractivity contribution in [1.82, 2.24) is 29.9 Å². The summed E-state index contributed by atoms with van der Waals surface area (Å²) in [6.07, 6.45) is 13.7. The number of aromatic nitrogens is 5. The van der Waals surface area contributed by atoms with Gasteiger partial charge in [0.2, 0.25) is 0 Å². The molecule has 2 saturated heterocycles. The lowest BCUT2D eigenvalue weighted by atomic mass is 9.85. The molecule has 1 unspecified atom stereocenters. The molecule has 0 radical (unpaired) electrons. The van der Waals surface area contributed by atoms with Gasteiger partial charge >= 0.3 is 0 Å². The third-order valence-electron chi connectivity index (χ3n) is 8.38. The maximum atomic E-state index is 13.1. The van der Waals surface area contributed by atoms with Crippen LogP contribution in [0, 0.1) is 11.8 Å². The van der Waals surface area contributed by atoms with E-state index < -0.39 is 0 Å². The van der Waals surface area contributed by atoms with Gasteiger partial charge < -0.3 is 15.1 Å². The molecular formula is C28H38N8O. The molecule has 1 saturated carbocycles. The largest absolute Gasteiger partial charge is 0.370 e. The summed E-state index contributed by atoms with van der Waals surface area (Å²) in [7, 11) is 0. The van der Waals surface area contributed by atoms with E-state index in [4.69, 9.17) is 0 Å². The predicted octanol–water partition coefficient (Wildman–Crippen LogP) is 3.38. The van der Waals surface area contributed by atoms with Crippen LogP contribution in [0.15, 0.2) is 47.8 Å². The summed E-state index contributed by atoms with van der Waals surface area (Å²) < 4.78 is 3.46. The molecule has 196 valence electrons. The second kappa shape index (κ2) is 10.3. The average molecular weight is 503 g/mol. The molecule has 6 rings (SSSR count).